The van der Waals surface area contributed by atoms with E-state index in [1.807, 2.05) is 48.6 Å². The van der Waals surface area contributed by atoms with Crippen LogP contribution in [0.2, 0.25) is 13.1 Å². The Bertz CT molecular complexity index is 3580. The van der Waals surface area contributed by atoms with Crippen LogP contribution >= 0.6 is 0 Å². The van der Waals surface area contributed by atoms with Crippen LogP contribution in [0.3, 0.4) is 0 Å². The molecular formula is C68H80B2N5O6Si+. The van der Waals surface area contributed by atoms with Gasteiger partial charge in [-0.3, -0.25) is 19.4 Å². The van der Waals surface area contributed by atoms with Gasteiger partial charge < -0.3 is 30.3 Å². The van der Waals surface area contributed by atoms with Gasteiger partial charge >= 0.3 is 14.2 Å². The molecule has 1 heterocycles. The highest BCUT2D eigenvalue weighted by atomic mass is 28.3. The van der Waals surface area contributed by atoms with E-state index in [4.69, 9.17) is 0 Å². The van der Waals surface area contributed by atoms with Gasteiger partial charge in [0.15, 0.2) is 18.0 Å². The number of hydrogen-bond donors (Lipinski definition) is 5. The van der Waals surface area contributed by atoms with Crippen LogP contribution in [0.5, 0.6) is 0 Å². The van der Waals surface area contributed by atoms with Gasteiger partial charge in [-0.05, 0) is 163 Å². The van der Waals surface area contributed by atoms with Gasteiger partial charge in [0.1, 0.15) is 15.1 Å². The summed E-state index contributed by atoms with van der Waals surface area (Å²) in [5.74, 6) is -0.140. The highest BCUT2D eigenvalue weighted by Gasteiger charge is 2.41. The predicted octanol–water partition coefficient (Wildman–Crippen LogP) is 8.41. The molecule has 11 nitrogen and oxygen atoms in total. The molecule has 1 amide bonds. The van der Waals surface area contributed by atoms with Crippen molar-refractivity contribution in [2.24, 2.45) is 0 Å². The average Bonchev–Trinajstić information content (AvgIpc) is 3.11. The molecule has 6 aromatic carbocycles. The number of benzene rings is 6. The van der Waals surface area contributed by atoms with E-state index in [2.05, 4.69) is 157 Å². The summed E-state index contributed by atoms with van der Waals surface area (Å²) in [5.41, 5.74) is 12.7. The van der Waals surface area contributed by atoms with Crippen LogP contribution in [0.4, 0.5) is 5.69 Å². The molecule has 0 fully saturated rings. The number of carbonyl (C=O) groups excluding carboxylic acids is 2. The summed E-state index contributed by atoms with van der Waals surface area (Å²) >= 11 is 0. The smallest absolute Gasteiger partial charge is 0.423 e. The zero-order chi connectivity index (χ0) is 58.8. The van der Waals surface area contributed by atoms with Crippen LogP contribution in [0, 0.1) is 0 Å². The number of Topliss-reactive ketones (excluding diaryl/α,β-unsaturated/α-hetero) is 1. The number of hydrogen-bond acceptors (Lipinski definition) is 9. The molecule has 0 spiro atoms. The quantitative estimate of drug-likeness (QED) is 0.00860. The fraction of sp³-hybridized carbons (Fsp3) is 0.279. The van der Waals surface area contributed by atoms with Crippen molar-refractivity contribution in [1.29, 1.82) is 0 Å². The second kappa shape index (κ2) is 27.2. The molecule has 0 saturated carbocycles. The van der Waals surface area contributed by atoms with Crippen molar-refractivity contribution >= 4 is 88.6 Å². The lowest BCUT2D eigenvalue weighted by Gasteiger charge is -2.38. The molecular weight excluding hydrogens is 1030 g/mol. The Morgan fingerprint density at radius 1 is 0.683 bits per heavy atom. The predicted molar refractivity (Wildman–Crippen MR) is 345 cm³/mol. The van der Waals surface area contributed by atoms with E-state index in [-0.39, 0.29) is 11.7 Å². The Morgan fingerprint density at radius 2 is 1.27 bits per heavy atom. The molecule has 0 aromatic heterocycles. The Labute approximate surface area is 487 Å². The van der Waals surface area contributed by atoms with Crippen LogP contribution in [0.1, 0.15) is 72.9 Å². The van der Waals surface area contributed by atoms with Crippen LogP contribution < -0.4 is 26.3 Å². The van der Waals surface area contributed by atoms with Gasteiger partial charge in [-0.2, -0.15) is 0 Å². The molecule has 0 radical (unpaired) electrons. The molecule has 2 aliphatic rings. The fourth-order valence-corrected chi connectivity index (χ4v) is 14.8. The minimum atomic E-state index is -2.36. The number of nitrogens with one attached hydrogen (secondary N) is 1. The highest BCUT2D eigenvalue weighted by Crippen LogP contribution is 2.44. The van der Waals surface area contributed by atoms with Crippen molar-refractivity contribution in [2.75, 3.05) is 51.7 Å². The summed E-state index contributed by atoms with van der Waals surface area (Å²) in [7, 11) is -1.45. The van der Waals surface area contributed by atoms with E-state index < -0.39 is 22.3 Å². The van der Waals surface area contributed by atoms with Crippen molar-refractivity contribution in [3.63, 3.8) is 0 Å². The second-order valence-electron chi connectivity index (χ2n) is 22.7. The van der Waals surface area contributed by atoms with E-state index >= 15 is 0 Å². The Balaban J connectivity index is 1.38. The molecule has 82 heavy (non-hydrogen) atoms. The van der Waals surface area contributed by atoms with Crippen LogP contribution in [0.15, 0.2) is 188 Å². The zero-order valence-corrected chi connectivity index (χ0v) is 49.8. The van der Waals surface area contributed by atoms with Crippen molar-refractivity contribution in [1.82, 2.24) is 15.1 Å². The lowest BCUT2D eigenvalue weighted by Crippen LogP contribution is -2.49. The Kier molecular flexibility index (Phi) is 20.2. The Hall–Kier alpha value is -7.26. The first-order valence-corrected chi connectivity index (χ1v) is 31.5. The number of unbranched alkanes of at least 4 members (excludes halogenated alkanes) is 1. The largest absolute Gasteiger partial charge is 0.488 e. The molecule has 8 rings (SSSR count). The van der Waals surface area contributed by atoms with E-state index in [0.717, 1.165) is 72.8 Å². The second-order valence-corrected chi connectivity index (χ2v) is 27.0. The van der Waals surface area contributed by atoms with E-state index in [1.165, 1.54) is 21.5 Å². The number of nitrogens with zero attached hydrogens (tertiary/aromatic N) is 4. The van der Waals surface area contributed by atoms with Gasteiger partial charge in [-0.15, -0.1) is 6.58 Å². The molecule has 422 valence electrons. The van der Waals surface area contributed by atoms with E-state index in [1.54, 1.807) is 26.0 Å². The number of amides is 1. The monoisotopic (exact) mass is 1110 g/mol. The number of rotatable bonds is 27. The maximum Gasteiger partial charge on any atom is 0.488 e. The van der Waals surface area contributed by atoms with Gasteiger partial charge in [0, 0.05) is 82.7 Å². The summed E-state index contributed by atoms with van der Waals surface area (Å²) in [6.07, 6.45) is 13.3. The third kappa shape index (κ3) is 13.8. The third-order valence-corrected chi connectivity index (χ3v) is 19.8. The van der Waals surface area contributed by atoms with Gasteiger partial charge in [0.25, 0.3) is 0 Å². The van der Waals surface area contributed by atoms with Gasteiger partial charge in [0.05, 0.1) is 0 Å². The summed E-state index contributed by atoms with van der Waals surface area (Å²) in [4.78, 5) is 32.5. The summed E-state index contributed by atoms with van der Waals surface area (Å²) < 4.78 is 2.24. The summed E-state index contributed by atoms with van der Waals surface area (Å²) in [6, 6.07) is 37.4. The average molecular weight is 1110 g/mol. The van der Waals surface area contributed by atoms with Crippen molar-refractivity contribution in [3.05, 3.63) is 221 Å². The van der Waals surface area contributed by atoms with Crippen molar-refractivity contribution in [3.8, 4) is 0 Å². The molecule has 0 atom stereocenters. The zero-order valence-electron chi connectivity index (χ0n) is 48.8. The maximum absolute atomic E-state index is 12.8. The number of ketones is 1. The first-order valence-electron chi connectivity index (χ1n) is 28.5. The molecule has 1 aliphatic carbocycles. The molecule has 0 saturated heterocycles. The van der Waals surface area contributed by atoms with Gasteiger partial charge in [0.2, 0.25) is 5.91 Å². The lowest BCUT2D eigenvalue weighted by atomic mass is 9.77. The Morgan fingerprint density at radius 3 is 1.85 bits per heavy atom. The van der Waals surface area contributed by atoms with E-state index in [0.29, 0.717) is 100 Å². The molecule has 0 bridgehead atoms. The minimum Gasteiger partial charge on any atom is -0.423 e. The lowest BCUT2D eigenvalue weighted by molar-refractivity contribution is -0.484. The standard InChI is InChI=1S/C68H79B2N5O6Si/c1-11-36-72(7)52-30-33-57-65(41-52)82(9,10)66-42-53(73(8)37-12-2)31-34-58(66)67(57)49-29-32-56-59(40-49)61(46-74(38-20-19-28-64(76)47(3)4)43-50-22-13-17-26-62(50)69(78)79)55-25-16-15-24-54(55)60(56)45-75(39-21-35-71-68(77)48(5)6)44-51-23-14-18-27-63(51)70(80)81/h11-18,22-27,29-34,40-42,78-81H,1-3,5,19-21,28,35-39,43-46H2,4,6-10H3/p+1. The maximum atomic E-state index is 12.8. The first kappa shape index (κ1) is 60.8. The van der Waals surface area contributed by atoms with Gasteiger partial charge in [-0.1, -0.05) is 130 Å². The molecule has 5 N–H and O–H groups in total. The normalized spacial score (nSPS) is 14.1. The minimum absolute atomic E-state index is 0.0523. The number of allylic oxidation sites excluding steroid dienone is 6. The van der Waals surface area contributed by atoms with Crippen molar-refractivity contribution in [2.45, 2.75) is 78.8 Å². The first-order chi connectivity index (χ1) is 39.3. The highest BCUT2D eigenvalue weighted by molar-refractivity contribution is 6.98. The summed E-state index contributed by atoms with van der Waals surface area (Å²) in [6.45, 7) is 29.1. The van der Waals surface area contributed by atoms with Gasteiger partial charge in [-0.25, -0.2) is 4.58 Å². The molecule has 1 aliphatic heterocycles. The topological polar surface area (TPSA) is 140 Å². The number of likely N-dealkylation sites (N-methyl/N-ethyl adjacent to an activating group) is 2. The number of anilines is 1. The number of fused-ring (bicyclic) bond motifs is 4. The molecule has 0 unspecified atom stereocenters. The van der Waals surface area contributed by atoms with E-state index in [9.17, 15) is 29.7 Å². The fourth-order valence-electron chi connectivity index (χ4n) is 11.8. The summed E-state index contributed by atoms with van der Waals surface area (Å²) in [5, 5.41) is 52.5. The third-order valence-electron chi connectivity index (χ3n) is 16.3. The molecule has 6 aromatic rings. The van der Waals surface area contributed by atoms with Crippen LogP contribution in [-0.2, 0) is 35.8 Å². The van der Waals surface area contributed by atoms with Crippen LogP contribution in [0.25, 0.3) is 27.1 Å². The van der Waals surface area contributed by atoms with Crippen molar-refractivity contribution < 1.29 is 34.3 Å². The SMILES string of the molecule is C=CCN(C)c1ccc2c(c1)[Si](C)(C)C1=CC(=[N+](C)CC=C)C=CC1=C2c1ccc2c(CN(CCCNC(=O)C(=C)C)Cc3ccccc3B(O)O)c3ccccc3c(CN(CCCCC(=O)C(=C)C)Cc3ccccc3B(O)O)c2c1. The molecule has 14 heteroatoms. The van der Waals surface area contributed by atoms with Crippen LogP contribution in [-0.4, -0.2) is 121 Å². The number of carbonyl (C=O) groups is 2.